The van der Waals surface area contributed by atoms with Crippen molar-refractivity contribution >= 4 is 23.6 Å². The van der Waals surface area contributed by atoms with Gasteiger partial charge in [0.1, 0.15) is 24.0 Å². The first-order valence-corrected chi connectivity index (χ1v) is 12.2. The minimum atomic E-state index is -0.921. The lowest BCUT2D eigenvalue weighted by Crippen LogP contribution is -2.55. The Hall–Kier alpha value is -3.48. The summed E-state index contributed by atoms with van der Waals surface area (Å²) < 4.78 is 5.85. The molecule has 2 aromatic rings. The minimum Gasteiger partial charge on any atom is -0.460 e. The molecule has 1 aliphatic rings. The Balaban J connectivity index is 1.98. The number of ketones is 1. The van der Waals surface area contributed by atoms with Gasteiger partial charge in [-0.15, -0.1) is 0 Å². The van der Waals surface area contributed by atoms with Crippen LogP contribution in [-0.4, -0.2) is 53.7 Å². The summed E-state index contributed by atoms with van der Waals surface area (Å²) in [6, 6.07) is 16.9. The van der Waals surface area contributed by atoms with E-state index in [2.05, 4.69) is 5.32 Å². The fourth-order valence-electron chi connectivity index (χ4n) is 4.36. The molecule has 0 radical (unpaired) electrons. The minimum absolute atomic E-state index is 0.241. The number of benzene rings is 2. The molecule has 35 heavy (non-hydrogen) atoms. The van der Waals surface area contributed by atoms with Crippen molar-refractivity contribution in [3.63, 3.8) is 0 Å². The zero-order valence-electron chi connectivity index (χ0n) is 20.6. The van der Waals surface area contributed by atoms with Crippen LogP contribution in [0.1, 0.15) is 44.2 Å². The van der Waals surface area contributed by atoms with Gasteiger partial charge in [-0.05, 0) is 17.5 Å². The van der Waals surface area contributed by atoms with E-state index in [0.717, 1.165) is 11.1 Å². The fourth-order valence-corrected chi connectivity index (χ4v) is 4.36. The van der Waals surface area contributed by atoms with Gasteiger partial charge in [-0.2, -0.15) is 0 Å². The average molecular weight is 479 g/mol. The van der Waals surface area contributed by atoms with Gasteiger partial charge in [0.25, 0.3) is 0 Å². The van der Waals surface area contributed by atoms with Crippen LogP contribution >= 0.6 is 0 Å². The number of nitrogens with zero attached hydrogens (tertiary/aromatic N) is 1. The van der Waals surface area contributed by atoms with E-state index in [4.69, 9.17) is 4.74 Å². The van der Waals surface area contributed by atoms with E-state index in [0.29, 0.717) is 12.8 Å². The molecule has 2 amide bonds. The summed E-state index contributed by atoms with van der Waals surface area (Å²) in [7, 11) is 1.57. The predicted molar refractivity (Wildman–Crippen MR) is 132 cm³/mol. The third-order valence-electron chi connectivity index (χ3n) is 6.52. The molecule has 7 heteroatoms. The van der Waals surface area contributed by atoms with Crippen LogP contribution in [0.15, 0.2) is 60.7 Å². The van der Waals surface area contributed by atoms with E-state index in [1.807, 2.05) is 67.6 Å². The Labute approximate surface area is 206 Å². The van der Waals surface area contributed by atoms with Gasteiger partial charge in [0.2, 0.25) is 11.8 Å². The molecule has 1 fully saturated rings. The Morgan fingerprint density at radius 3 is 2.06 bits per heavy atom. The number of rotatable bonds is 6. The van der Waals surface area contributed by atoms with Crippen LogP contribution in [0.2, 0.25) is 0 Å². The molecule has 3 rings (SSSR count). The average Bonchev–Trinajstić information content (AvgIpc) is 2.86. The quantitative estimate of drug-likeness (QED) is 0.509. The standard InChI is InChI=1S/C28H34N2O5/c1-4-11-25-19(2)24(31)18-26(32)29-22(16-20-12-7-5-8-13-20)27(33)30(3)23(28(34)35-25)17-21-14-9-6-10-15-21/h5-10,12-15,19,22-23,25H,4,11,16-18H2,1-3H3,(H,29,32)/t19-,22+,23+,25+/m1/s1. The molecule has 0 aliphatic carbocycles. The Kier molecular flexibility index (Phi) is 9.18. The number of esters is 1. The number of hydrogen-bond acceptors (Lipinski definition) is 5. The van der Waals surface area contributed by atoms with Crippen LogP contribution < -0.4 is 5.32 Å². The highest BCUT2D eigenvalue weighted by atomic mass is 16.5. The van der Waals surface area contributed by atoms with Crippen LogP contribution in [0.25, 0.3) is 0 Å². The van der Waals surface area contributed by atoms with Crippen molar-refractivity contribution in [1.82, 2.24) is 10.2 Å². The first kappa shape index (κ1) is 26.1. The van der Waals surface area contributed by atoms with Crippen LogP contribution in [0.5, 0.6) is 0 Å². The maximum atomic E-state index is 13.6. The first-order valence-electron chi connectivity index (χ1n) is 12.2. The zero-order valence-corrected chi connectivity index (χ0v) is 20.6. The van der Waals surface area contributed by atoms with Crippen LogP contribution in [-0.2, 0) is 36.8 Å². The second kappa shape index (κ2) is 12.3. The number of Topliss-reactive ketones (excluding diaryl/α,β-unsaturated/α-hetero) is 1. The maximum Gasteiger partial charge on any atom is 0.329 e. The summed E-state index contributed by atoms with van der Waals surface area (Å²) in [4.78, 5) is 54.1. The van der Waals surface area contributed by atoms with Gasteiger partial charge in [-0.3, -0.25) is 14.4 Å². The Bertz CT molecular complexity index is 1020. The van der Waals surface area contributed by atoms with E-state index in [-0.39, 0.29) is 25.0 Å². The molecule has 4 atom stereocenters. The smallest absolute Gasteiger partial charge is 0.329 e. The van der Waals surface area contributed by atoms with Crippen LogP contribution in [0.4, 0.5) is 0 Å². The Morgan fingerprint density at radius 1 is 0.914 bits per heavy atom. The van der Waals surface area contributed by atoms with E-state index in [1.54, 1.807) is 14.0 Å². The predicted octanol–water partition coefficient (Wildman–Crippen LogP) is 3.10. The van der Waals surface area contributed by atoms with Crippen molar-refractivity contribution in [2.75, 3.05) is 7.05 Å². The highest BCUT2D eigenvalue weighted by Gasteiger charge is 2.37. The summed E-state index contributed by atoms with van der Waals surface area (Å²) >= 11 is 0. The van der Waals surface area contributed by atoms with Gasteiger partial charge < -0.3 is 15.0 Å². The third kappa shape index (κ3) is 7.01. The molecule has 0 aromatic heterocycles. The van der Waals surface area contributed by atoms with E-state index in [9.17, 15) is 19.2 Å². The van der Waals surface area contributed by atoms with Gasteiger partial charge in [0.05, 0.1) is 12.3 Å². The number of amides is 2. The van der Waals surface area contributed by atoms with E-state index >= 15 is 0 Å². The van der Waals surface area contributed by atoms with Gasteiger partial charge in [0, 0.05) is 19.9 Å². The molecule has 2 aromatic carbocycles. The topological polar surface area (TPSA) is 92.8 Å². The number of likely N-dealkylation sites (N-methyl/N-ethyl adjacent to an activating group) is 1. The van der Waals surface area contributed by atoms with Crippen molar-refractivity contribution < 1.29 is 23.9 Å². The van der Waals surface area contributed by atoms with Gasteiger partial charge in [-0.25, -0.2) is 4.79 Å². The fraction of sp³-hybridized carbons (Fsp3) is 0.429. The van der Waals surface area contributed by atoms with Crippen molar-refractivity contribution in [3.05, 3.63) is 71.8 Å². The van der Waals surface area contributed by atoms with Gasteiger partial charge in [0.15, 0.2) is 0 Å². The highest BCUT2D eigenvalue weighted by Crippen LogP contribution is 2.21. The third-order valence-corrected chi connectivity index (χ3v) is 6.52. The summed E-state index contributed by atoms with van der Waals surface area (Å²) in [6.07, 6.45) is 0.676. The molecule has 0 unspecified atom stereocenters. The largest absolute Gasteiger partial charge is 0.460 e. The van der Waals surface area contributed by atoms with Crippen molar-refractivity contribution in [3.8, 4) is 0 Å². The van der Waals surface area contributed by atoms with Crippen LogP contribution in [0.3, 0.4) is 0 Å². The zero-order chi connectivity index (χ0) is 25.4. The van der Waals surface area contributed by atoms with Gasteiger partial charge in [-0.1, -0.05) is 80.9 Å². The normalized spacial score (nSPS) is 24.3. The monoisotopic (exact) mass is 478 g/mol. The van der Waals surface area contributed by atoms with Crippen molar-refractivity contribution in [2.45, 2.75) is 64.1 Å². The number of cyclic esters (lactones) is 1. The lowest BCUT2D eigenvalue weighted by atomic mass is 9.93. The van der Waals surface area contributed by atoms with E-state index in [1.165, 1.54) is 4.90 Å². The molecule has 1 aliphatic heterocycles. The summed E-state index contributed by atoms with van der Waals surface area (Å²) in [5, 5.41) is 2.76. The maximum absolute atomic E-state index is 13.6. The molecule has 1 heterocycles. The molecule has 0 spiro atoms. The van der Waals surface area contributed by atoms with E-state index < -0.39 is 41.9 Å². The molecular weight excluding hydrogens is 444 g/mol. The highest BCUT2D eigenvalue weighted by molar-refractivity contribution is 6.01. The summed E-state index contributed by atoms with van der Waals surface area (Å²) in [6.45, 7) is 3.64. The summed E-state index contributed by atoms with van der Waals surface area (Å²) in [5.74, 6) is -2.41. The molecule has 0 bridgehead atoms. The first-order chi connectivity index (χ1) is 16.8. The second-order valence-electron chi connectivity index (χ2n) is 9.16. The number of carbonyl (C=O) groups excluding carboxylic acids is 4. The lowest BCUT2D eigenvalue weighted by Gasteiger charge is -2.33. The Morgan fingerprint density at radius 2 is 1.49 bits per heavy atom. The molecular formula is C28H34N2O5. The molecule has 7 nitrogen and oxygen atoms in total. The second-order valence-corrected chi connectivity index (χ2v) is 9.16. The van der Waals surface area contributed by atoms with Crippen molar-refractivity contribution in [1.29, 1.82) is 0 Å². The van der Waals surface area contributed by atoms with Crippen molar-refractivity contribution in [2.24, 2.45) is 5.92 Å². The molecule has 0 saturated carbocycles. The van der Waals surface area contributed by atoms with Gasteiger partial charge >= 0.3 is 5.97 Å². The lowest BCUT2D eigenvalue weighted by molar-refractivity contribution is -0.163. The number of carbonyl (C=O) groups is 4. The summed E-state index contributed by atoms with van der Waals surface area (Å²) in [5.41, 5.74) is 1.73. The molecule has 1 saturated heterocycles. The number of ether oxygens (including phenoxy) is 1. The number of nitrogens with one attached hydrogen (secondary N) is 1. The molecule has 1 N–H and O–H groups in total. The number of hydrogen-bond donors (Lipinski definition) is 1. The SMILES string of the molecule is CCC[C@@H]1OC(=O)[C@H](Cc2ccccc2)N(C)C(=O)[C@H](Cc2ccccc2)NC(=O)CC(=O)[C@H]1C. The van der Waals surface area contributed by atoms with Crippen LogP contribution in [0, 0.1) is 5.92 Å². The molecule has 186 valence electrons.